The van der Waals surface area contributed by atoms with Crippen LogP contribution in [0.5, 0.6) is 0 Å². The fraction of sp³-hybridized carbons (Fsp3) is 0.250. The summed E-state index contributed by atoms with van der Waals surface area (Å²) in [6.07, 6.45) is 1.82. The summed E-state index contributed by atoms with van der Waals surface area (Å²) in [6.45, 7) is 5.04. The average Bonchev–Trinajstić information content (AvgIpc) is 2.67. The lowest BCUT2D eigenvalue weighted by molar-refractivity contribution is 1.18. The van der Waals surface area contributed by atoms with Gasteiger partial charge < -0.3 is 10.3 Å². The Bertz CT molecular complexity index is 446. The second-order valence-corrected chi connectivity index (χ2v) is 3.55. The van der Waals surface area contributed by atoms with E-state index in [0.29, 0.717) is 0 Å². The van der Waals surface area contributed by atoms with Gasteiger partial charge in [0, 0.05) is 12.1 Å². The van der Waals surface area contributed by atoms with E-state index in [9.17, 15) is 0 Å². The molecule has 2 N–H and O–H groups in total. The molecule has 0 aliphatic rings. The van der Waals surface area contributed by atoms with Gasteiger partial charge in [-0.15, -0.1) is 0 Å². The van der Waals surface area contributed by atoms with Crippen LogP contribution in [-0.2, 0) is 0 Å². The molecule has 1 aromatic heterocycles. The highest BCUT2D eigenvalue weighted by Crippen LogP contribution is 2.18. The molecule has 1 heterocycles. The van der Waals surface area contributed by atoms with Crippen LogP contribution in [0, 0.1) is 6.92 Å². The number of benzene rings is 1. The van der Waals surface area contributed by atoms with Gasteiger partial charge in [0.2, 0.25) is 0 Å². The van der Waals surface area contributed by atoms with Crippen molar-refractivity contribution in [3.8, 4) is 11.4 Å². The largest absolute Gasteiger partial charge is 0.371 e. The number of anilines is 1. The molecule has 0 bridgehead atoms. The number of aryl methyl sites for hydroxylation is 1. The summed E-state index contributed by atoms with van der Waals surface area (Å²) in [4.78, 5) is 7.56. The van der Waals surface area contributed by atoms with Crippen molar-refractivity contribution in [1.29, 1.82) is 0 Å². The van der Waals surface area contributed by atoms with Gasteiger partial charge in [-0.2, -0.15) is 0 Å². The maximum Gasteiger partial charge on any atom is 0.138 e. The van der Waals surface area contributed by atoms with Crippen molar-refractivity contribution >= 4 is 5.82 Å². The SMILES string of the molecule is CCNc1cnc(-c2cccc(C)c2)[nH]1. The number of nitrogens with one attached hydrogen (secondary N) is 2. The molecule has 0 spiro atoms. The summed E-state index contributed by atoms with van der Waals surface area (Å²) in [5.74, 6) is 1.88. The van der Waals surface area contributed by atoms with Crippen molar-refractivity contribution in [3.05, 3.63) is 36.0 Å². The van der Waals surface area contributed by atoms with Crippen molar-refractivity contribution in [3.63, 3.8) is 0 Å². The fourth-order valence-corrected chi connectivity index (χ4v) is 1.54. The number of nitrogens with zero attached hydrogens (tertiary/aromatic N) is 1. The van der Waals surface area contributed by atoms with Crippen LogP contribution < -0.4 is 5.32 Å². The molecule has 78 valence electrons. The zero-order valence-electron chi connectivity index (χ0n) is 9.04. The minimum Gasteiger partial charge on any atom is -0.371 e. The van der Waals surface area contributed by atoms with Crippen LogP contribution in [0.4, 0.5) is 5.82 Å². The maximum absolute atomic E-state index is 4.33. The molecule has 0 radical (unpaired) electrons. The summed E-state index contributed by atoms with van der Waals surface area (Å²) >= 11 is 0. The second-order valence-electron chi connectivity index (χ2n) is 3.55. The summed E-state index contributed by atoms with van der Waals surface area (Å²) in [7, 11) is 0. The molecule has 0 saturated carbocycles. The Balaban J connectivity index is 2.29. The molecule has 15 heavy (non-hydrogen) atoms. The van der Waals surface area contributed by atoms with Crippen molar-refractivity contribution in [2.75, 3.05) is 11.9 Å². The highest BCUT2D eigenvalue weighted by molar-refractivity contribution is 5.58. The van der Waals surface area contributed by atoms with E-state index in [-0.39, 0.29) is 0 Å². The lowest BCUT2D eigenvalue weighted by Crippen LogP contribution is -1.95. The lowest BCUT2D eigenvalue weighted by Gasteiger charge is -1.99. The molecule has 0 unspecified atom stereocenters. The van der Waals surface area contributed by atoms with E-state index in [1.165, 1.54) is 5.56 Å². The minimum atomic E-state index is 0.898. The Labute approximate surface area is 89.6 Å². The van der Waals surface area contributed by atoms with Crippen molar-refractivity contribution in [2.24, 2.45) is 0 Å². The quantitative estimate of drug-likeness (QED) is 0.801. The maximum atomic E-state index is 4.33. The zero-order chi connectivity index (χ0) is 10.7. The third-order valence-corrected chi connectivity index (χ3v) is 2.23. The lowest BCUT2D eigenvalue weighted by atomic mass is 10.1. The van der Waals surface area contributed by atoms with E-state index in [2.05, 4.69) is 47.3 Å². The molecule has 2 aromatic rings. The van der Waals surface area contributed by atoms with E-state index in [1.807, 2.05) is 12.3 Å². The van der Waals surface area contributed by atoms with Gasteiger partial charge in [0.1, 0.15) is 11.6 Å². The molecule has 2 rings (SSSR count). The van der Waals surface area contributed by atoms with Gasteiger partial charge in [-0.1, -0.05) is 23.8 Å². The van der Waals surface area contributed by atoms with Gasteiger partial charge in [0.15, 0.2) is 0 Å². The highest BCUT2D eigenvalue weighted by Gasteiger charge is 2.02. The molecule has 0 saturated heterocycles. The minimum absolute atomic E-state index is 0.898. The molecule has 0 aliphatic heterocycles. The molecule has 0 atom stereocenters. The van der Waals surface area contributed by atoms with Crippen molar-refractivity contribution in [2.45, 2.75) is 13.8 Å². The first-order valence-corrected chi connectivity index (χ1v) is 5.15. The summed E-state index contributed by atoms with van der Waals surface area (Å²) in [5.41, 5.74) is 2.37. The number of hydrogen-bond donors (Lipinski definition) is 2. The number of hydrogen-bond acceptors (Lipinski definition) is 2. The van der Waals surface area contributed by atoms with E-state index in [1.54, 1.807) is 0 Å². The number of aromatic nitrogens is 2. The van der Waals surface area contributed by atoms with Gasteiger partial charge in [0.05, 0.1) is 6.20 Å². The van der Waals surface area contributed by atoms with E-state index >= 15 is 0 Å². The average molecular weight is 201 g/mol. The normalized spacial score (nSPS) is 10.3. The van der Waals surface area contributed by atoms with Crippen LogP contribution in [0.25, 0.3) is 11.4 Å². The summed E-state index contributed by atoms with van der Waals surface area (Å²) in [6, 6.07) is 8.30. The van der Waals surface area contributed by atoms with E-state index in [4.69, 9.17) is 0 Å². The number of aromatic amines is 1. The Hall–Kier alpha value is -1.77. The van der Waals surface area contributed by atoms with E-state index in [0.717, 1.165) is 23.8 Å². The molecule has 0 aliphatic carbocycles. The van der Waals surface area contributed by atoms with Gasteiger partial charge >= 0.3 is 0 Å². The smallest absolute Gasteiger partial charge is 0.138 e. The predicted octanol–water partition coefficient (Wildman–Crippen LogP) is 2.82. The summed E-state index contributed by atoms with van der Waals surface area (Å²) < 4.78 is 0. The monoisotopic (exact) mass is 201 g/mol. The number of rotatable bonds is 3. The Morgan fingerprint density at radius 3 is 3.00 bits per heavy atom. The molecule has 1 aromatic carbocycles. The summed E-state index contributed by atoms with van der Waals surface area (Å²) in [5, 5.41) is 3.19. The first-order chi connectivity index (χ1) is 7.29. The fourth-order valence-electron chi connectivity index (χ4n) is 1.54. The molecule has 3 heteroatoms. The highest BCUT2D eigenvalue weighted by atomic mass is 15.1. The van der Waals surface area contributed by atoms with Crippen LogP contribution in [0.2, 0.25) is 0 Å². The van der Waals surface area contributed by atoms with Crippen LogP contribution in [-0.4, -0.2) is 16.5 Å². The van der Waals surface area contributed by atoms with Gasteiger partial charge in [-0.25, -0.2) is 4.98 Å². The van der Waals surface area contributed by atoms with Crippen LogP contribution >= 0.6 is 0 Å². The van der Waals surface area contributed by atoms with Crippen LogP contribution in [0.1, 0.15) is 12.5 Å². The van der Waals surface area contributed by atoms with Crippen LogP contribution in [0.3, 0.4) is 0 Å². The molecule has 0 fully saturated rings. The Kier molecular flexibility index (Phi) is 2.72. The topological polar surface area (TPSA) is 40.7 Å². The Morgan fingerprint density at radius 1 is 1.40 bits per heavy atom. The molecule has 0 amide bonds. The van der Waals surface area contributed by atoms with Gasteiger partial charge in [0.25, 0.3) is 0 Å². The third-order valence-electron chi connectivity index (χ3n) is 2.23. The van der Waals surface area contributed by atoms with Gasteiger partial charge in [-0.05, 0) is 19.9 Å². The van der Waals surface area contributed by atoms with Gasteiger partial charge in [-0.3, -0.25) is 0 Å². The zero-order valence-corrected chi connectivity index (χ0v) is 9.04. The van der Waals surface area contributed by atoms with Crippen molar-refractivity contribution in [1.82, 2.24) is 9.97 Å². The molecular formula is C12H15N3. The third kappa shape index (κ3) is 2.18. The second kappa shape index (κ2) is 4.17. The Morgan fingerprint density at radius 2 is 2.27 bits per heavy atom. The first kappa shape index (κ1) is 9.77. The molecular weight excluding hydrogens is 186 g/mol. The number of imidazole rings is 1. The standard InChI is InChI=1S/C12H15N3/c1-3-13-11-8-14-12(15-11)10-6-4-5-9(2)7-10/h4-8,13H,3H2,1-2H3,(H,14,15). The van der Waals surface area contributed by atoms with E-state index < -0.39 is 0 Å². The van der Waals surface area contributed by atoms with Crippen LogP contribution in [0.15, 0.2) is 30.5 Å². The number of H-pyrrole nitrogens is 1. The first-order valence-electron chi connectivity index (χ1n) is 5.15. The predicted molar refractivity (Wildman–Crippen MR) is 62.9 cm³/mol. The van der Waals surface area contributed by atoms with Crippen molar-refractivity contribution < 1.29 is 0 Å². The molecule has 3 nitrogen and oxygen atoms in total.